The van der Waals surface area contributed by atoms with Gasteiger partial charge in [0.25, 0.3) is 5.91 Å². The molecule has 4 aromatic rings. The summed E-state index contributed by atoms with van der Waals surface area (Å²) in [5.41, 5.74) is 3.09. The molecule has 1 fully saturated rings. The molecule has 150 valence electrons. The molecule has 6 heteroatoms. The van der Waals surface area contributed by atoms with Gasteiger partial charge in [0, 0.05) is 31.7 Å². The average Bonchev–Trinajstić information content (AvgIpc) is 3.29. The van der Waals surface area contributed by atoms with Crippen LogP contribution in [0.5, 0.6) is 0 Å². The fourth-order valence-electron chi connectivity index (χ4n) is 4.02. The van der Waals surface area contributed by atoms with Crippen molar-refractivity contribution in [1.82, 2.24) is 14.9 Å². The zero-order valence-electron chi connectivity index (χ0n) is 16.6. The van der Waals surface area contributed by atoms with Crippen molar-refractivity contribution in [3.8, 4) is 0 Å². The van der Waals surface area contributed by atoms with E-state index in [-0.39, 0.29) is 5.91 Å². The zero-order valence-corrected chi connectivity index (χ0v) is 17.4. The van der Waals surface area contributed by atoms with Crippen molar-refractivity contribution in [2.24, 2.45) is 0 Å². The number of carbonyl (C=O) groups excluding carboxylic acids is 1. The molecule has 0 saturated carbocycles. The molecular weight excluding hydrogens is 392 g/mol. The van der Waals surface area contributed by atoms with Crippen molar-refractivity contribution in [2.75, 3.05) is 31.1 Å². The van der Waals surface area contributed by atoms with E-state index in [4.69, 9.17) is 0 Å². The third-order valence-electron chi connectivity index (χ3n) is 5.59. The molecule has 2 aromatic heterocycles. The molecule has 1 aliphatic heterocycles. The Morgan fingerprint density at radius 1 is 0.900 bits per heavy atom. The van der Waals surface area contributed by atoms with Crippen LogP contribution in [0.15, 0.2) is 72.4 Å². The van der Waals surface area contributed by atoms with E-state index in [1.807, 2.05) is 46.7 Å². The van der Waals surface area contributed by atoms with Crippen LogP contribution in [0.25, 0.3) is 10.2 Å². The molecule has 0 radical (unpaired) electrons. The van der Waals surface area contributed by atoms with Gasteiger partial charge in [-0.2, -0.15) is 0 Å². The number of nitrogens with zero attached hydrogens (tertiary/aromatic N) is 4. The lowest BCUT2D eigenvalue weighted by Gasteiger charge is -2.36. The Kier molecular flexibility index (Phi) is 5.15. The van der Waals surface area contributed by atoms with Crippen molar-refractivity contribution in [3.63, 3.8) is 0 Å². The van der Waals surface area contributed by atoms with Crippen LogP contribution in [0.1, 0.15) is 21.5 Å². The van der Waals surface area contributed by atoms with Gasteiger partial charge in [0.2, 0.25) is 0 Å². The van der Waals surface area contributed by atoms with E-state index in [2.05, 4.69) is 39.1 Å². The number of benzene rings is 2. The maximum absolute atomic E-state index is 13.3. The standard InChI is InChI=1S/C24H22N4OS/c29-24(20-9-5-4-8-19(20)16-18-6-2-1-3-7-18)28-13-11-27(12-14-28)22-21-10-15-30-23(21)26-17-25-22/h1-10,15,17H,11-14,16H2. The van der Waals surface area contributed by atoms with Gasteiger partial charge < -0.3 is 9.80 Å². The van der Waals surface area contributed by atoms with E-state index < -0.39 is 0 Å². The number of carbonyl (C=O) groups is 1. The Balaban J connectivity index is 1.31. The first-order valence-electron chi connectivity index (χ1n) is 10.1. The number of piperazine rings is 1. The second-order valence-electron chi connectivity index (χ2n) is 7.44. The van der Waals surface area contributed by atoms with Gasteiger partial charge in [0.05, 0.1) is 5.39 Å². The number of anilines is 1. The van der Waals surface area contributed by atoms with Gasteiger partial charge in [-0.15, -0.1) is 11.3 Å². The van der Waals surface area contributed by atoms with Crippen LogP contribution in [0.2, 0.25) is 0 Å². The normalized spacial score (nSPS) is 14.3. The molecular formula is C24H22N4OS. The quantitative estimate of drug-likeness (QED) is 0.501. The van der Waals surface area contributed by atoms with Crippen molar-refractivity contribution in [1.29, 1.82) is 0 Å². The molecule has 0 atom stereocenters. The summed E-state index contributed by atoms with van der Waals surface area (Å²) in [5.74, 6) is 1.09. The summed E-state index contributed by atoms with van der Waals surface area (Å²) in [7, 11) is 0. The SMILES string of the molecule is O=C(c1ccccc1Cc1ccccc1)N1CCN(c2ncnc3sccc23)CC1. The molecule has 1 aliphatic rings. The van der Waals surface area contributed by atoms with Gasteiger partial charge in [-0.05, 0) is 35.1 Å². The molecule has 0 N–H and O–H groups in total. The van der Waals surface area contributed by atoms with E-state index in [0.717, 1.165) is 46.7 Å². The van der Waals surface area contributed by atoms with Gasteiger partial charge >= 0.3 is 0 Å². The monoisotopic (exact) mass is 414 g/mol. The second-order valence-corrected chi connectivity index (χ2v) is 8.33. The Hall–Kier alpha value is -3.25. The lowest BCUT2D eigenvalue weighted by Crippen LogP contribution is -2.49. The predicted molar refractivity (Wildman–Crippen MR) is 121 cm³/mol. The number of aromatic nitrogens is 2. The topological polar surface area (TPSA) is 49.3 Å². The van der Waals surface area contributed by atoms with Crippen LogP contribution in [-0.2, 0) is 6.42 Å². The van der Waals surface area contributed by atoms with Crippen molar-refractivity contribution >= 4 is 33.3 Å². The Morgan fingerprint density at radius 3 is 2.50 bits per heavy atom. The third-order valence-corrected chi connectivity index (χ3v) is 6.41. The molecule has 0 aliphatic carbocycles. The highest BCUT2D eigenvalue weighted by Crippen LogP contribution is 2.27. The number of fused-ring (bicyclic) bond motifs is 1. The fraction of sp³-hybridized carbons (Fsp3) is 0.208. The van der Waals surface area contributed by atoms with Gasteiger partial charge in [0.15, 0.2) is 0 Å². The van der Waals surface area contributed by atoms with Crippen LogP contribution in [0.3, 0.4) is 0 Å². The molecule has 30 heavy (non-hydrogen) atoms. The molecule has 2 aromatic carbocycles. The largest absolute Gasteiger partial charge is 0.352 e. The second kappa shape index (κ2) is 8.24. The highest BCUT2D eigenvalue weighted by Gasteiger charge is 2.25. The Bertz CT molecular complexity index is 1170. The van der Waals surface area contributed by atoms with E-state index in [0.29, 0.717) is 13.1 Å². The number of amides is 1. The molecule has 0 spiro atoms. The Morgan fingerprint density at radius 2 is 1.67 bits per heavy atom. The van der Waals surface area contributed by atoms with Gasteiger partial charge in [-0.1, -0.05) is 48.5 Å². The minimum atomic E-state index is 0.115. The lowest BCUT2D eigenvalue weighted by molar-refractivity contribution is 0.0745. The summed E-state index contributed by atoms with van der Waals surface area (Å²) in [6, 6.07) is 20.3. The number of hydrogen-bond acceptors (Lipinski definition) is 5. The molecule has 5 rings (SSSR count). The van der Waals surface area contributed by atoms with E-state index in [1.54, 1.807) is 17.7 Å². The number of rotatable bonds is 4. The summed E-state index contributed by atoms with van der Waals surface area (Å²) in [6.45, 7) is 2.92. The number of thiophene rings is 1. The molecule has 1 saturated heterocycles. The first-order valence-corrected chi connectivity index (χ1v) is 11.0. The summed E-state index contributed by atoms with van der Waals surface area (Å²) >= 11 is 1.63. The van der Waals surface area contributed by atoms with Crippen LogP contribution in [0, 0.1) is 0 Å². The minimum absolute atomic E-state index is 0.115. The van der Waals surface area contributed by atoms with Gasteiger partial charge in [-0.25, -0.2) is 9.97 Å². The van der Waals surface area contributed by atoms with E-state index in [1.165, 1.54) is 5.56 Å². The minimum Gasteiger partial charge on any atom is -0.352 e. The highest BCUT2D eigenvalue weighted by atomic mass is 32.1. The maximum Gasteiger partial charge on any atom is 0.254 e. The average molecular weight is 415 g/mol. The fourth-order valence-corrected chi connectivity index (χ4v) is 4.75. The molecule has 3 heterocycles. The lowest BCUT2D eigenvalue weighted by atomic mass is 9.99. The first kappa shape index (κ1) is 18.8. The summed E-state index contributed by atoms with van der Waals surface area (Å²) < 4.78 is 0. The molecule has 0 unspecified atom stereocenters. The molecule has 5 nitrogen and oxygen atoms in total. The van der Waals surface area contributed by atoms with Crippen LogP contribution < -0.4 is 4.90 Å². The van der Waals surface area contributed by atoms with Gasteiger partial charge in [0.1, 0.15) is 17.0 Å². The molecule has 0 bridgehead atoms. The van der Waals surface area contributed by atoms with Gasteiger partial charge in [-0.3, -0.25) is 4.79 Å². The smallest absolute Gasteiger partial charge is 0.254 e. The van der Waals surface area contributed by atoms with Crippen molar-refractivity contribution in [3.05, 3.63) is 89.1 Å². The zero-order chi connectivity index (χ0) is 20.3. The Labute approximate surface area is 179 Å². The van der Waals surface area contributed by atoms with E-state index in [9.17, 15) is 4.79 Å². The first-order chi connectivity index (χ1) is 14.8. The molecule has 1 amide bonds. The summed E-state index contributed by atoms with van der Waals surface area (Å²) in [5, 5.41) is 3.14. The van der Waals surface area contributed by atoms with Crippen molar-refractivity contribution in [2.45, 2.75) is 6.42 Å². The summed E-state index contributed by atoms with van der Waals surface area (Å²) in [6.07, 6.45) is 2.39. The predicted octanol–water partition coefficient (Wildman–Crippen LogP) is 4.24. The van der Waals surface area contributed by atoms with E-state index >= 15 is 0 Å². The van der Waals surface area contributed by atoms with Crippen LogP contribution in [0.4, 0.5) is 5.82 Å². The van der Waals surface area contributed by atoms with Crippen molar-refractivity contribution < 1.29 is 4.79 Å². The van der Waals surface area contributed by atoms with Crippen LogP contribution >= 0.6 is 11.3 Å². The summed E-state index contributed by atoms with van der Waals surface area (Å²) in [4.78, 5) is 27.4. The maximum atomic E-state index is 13.3. The third kappa shape index (κ3) is 3.66. The van der Waals surface area contributed by atoms with Crippen LogP contribution in [-0.4, -0.2) is 47.0 Å². The number of hydrogen-bond donors (Lipinski definition) is 0. The highest BCUT2D eigenvalue weighted by molar-refractivity contribution is 7.16.